The molecule has 0 aliphatic carbocycles. The number of nitrogens with zero attached hydrogens (tertiary/aromatic N) is 4. The number of anilines is 1. The number of nitrogen functional groups attached to an aromatic ring is 1. The first-order valence-corrected chi connectivity index (χ1v) is 6.34. The Morgan fingerprint density at radius 3 is 2.62 bits per heavy atom. The topological polar surface area (TPSA) is 97.6 Å². The first-order valence-electron chi connectivity index (χ1n) is 5.96. The van der Waals surface area contributed by atoms with Crippen LogP contribution in [0, 0.1) is 11.3 Å². The van der Waals surface area contributed by atoms with Crippen molar-refractivity contribution < 1.29 is 0 Å². The van der Waals surface area contributed by atoms with Crippen LogP contribution in [-0.4, -0.2) is 14.5 Å². The van der Waals surface area contributed by atoms with Gasteiger partial charge < -0.3 is 5.73 Å². The van der Waals surface area contributed by atoms with Crippen LogP contribution in [0.5, 0.6) is 0 Å². The number of nitriles is 1. The molecule has 6 nitrogen and oxygen atoms in total. The standard InChI is InChI=1S/C14H8ClN5O/c15-11-8(7-16)6-10-12(17)20(9-4-2-1-3-5-9)14(21)19-13(10)18-11/h1-6H,17H2. The Bertz CT molecular complexity index is 943. The zero-order valence-corrected chi connectivity index (χ0v) is 11.4. The number of rotatable bonds is 1. The Morgan fingerprint density at radius 2 is 1.95 bits per heavy atom. The minimum atomic E-state index is -0.556. The lowest BCUT2D eigenvalue weighted by Gasteiger charge is -2.11. The van der Waals surface area contributed by atoms with E-state index < -0.39 is 5.69 Å². The fraction of sp³-hybridized carbons (Fsp3) is 0. The molecule has 0 saturated heterocycles. The van der Waals surface area contributed by atoms with Crippen LogP contribution in [0.25, 0.3) is 16.7 Å². The molecule has 0 unspecified atom stereocenters. The second kappa shape index (κ2) is 4.89. The number of para-hydroxylation sites is 1. The van der Waals surface area contributed by atoms with Gasteiger partial charge in [-0.25, -0.2) is 14.3 Å². The van der Waals surface area contributed by atoms with Crippen molar-refractivity contribution in [3.8, 4) is 11.8 Å². The number of pyridine rings is 1. The highest BCUT2D eigenvalue weighted by Crippen LogP contribution is 2.23. The minimum absolute atomic E-state index is 0.00578. The highest BCUT2D eigenvalue weighted by atomic mass is 35.5. The molecule has 3 aromatic rings. The Kier molecular flexibility index (Phi) is 3.05. The van der Waals surface area contributed by atoms with E-state index in [-0.39, 0.29) is 22.2 Å². The molecule has 1 aromatic carbocycles. The van der Waals surface area contributed by atoms with Gasteiger partial charge in [-0.15, -0.1) is 0 Å². The van der Waals surface area contributed by atoms with Gasteiger partial charge in [-0.3, -0.25) is 0 Å². The summed E-state index contributed by atoms with van der Waals surface area (Å²) in [6.45, 7) is 0. The molecule has 2 heterocycles. The lowest BCUT2D eigenvalue weighted by atomic mass is 10.2. The van der Waals surface area contributed by atoms with Crippen LogP contribution >= 0.6 is 11.6 Å². The van der Waals surface area contributed by atoms with Gasteiger partial charge in [-0.05, 0) is 18.2 Å². The molecule has 21 heavy (non-hydrogen) atoms. The van der Waals surface area contributed by atoms with E-state index in [1.807, 2.05) is 12.1 Å². The zero-order valence-electron chi connectivity index (χ0n) is 10.6. The van der Waals surface area contributed by atoms with Crippen LogP contribution in [0.4, 0.5) is 5.82 Å². The van der Waals surface area contributed by atoms with Crippen LogP contribution in [0.3, 0.4) is 0 Å². The SMILES string of the molecule is N#Cc1cc2c(N)n(-c3ccccc3)c(=O)nc2nc1Cl. The molecule has 0 amide bonds. The van der Waals surface area contributed by atoms with E-state index in [9.17, 15) is 4.79 Å². The first-order chi connectivity index (χ1) is 10.1. The van der Waals surface area contributed by atoms with E-state index in [1.54, 1.807) is 24.3 Å². The quantitative estimate of drug-likeness (QED) is 0.692. The van der Waals surface area contributed by atoms with Crippen molar-refractivity contribution in [2.45, 2.75) is 0 Å². The molecule has 2 N–H and O–H groups in total. The molecule has 0 saturated carbocycles. The Labute approximate surface area is 124 Å². The van der Waals surface area contributed by atoms with Gasteiger partial charge in [0.2, 0.25) is 0 Å². The van der Waals surface area contributed by atoms with Crippen molar-refractivity contribution in [1.82, 2.24) is 14.5 Å². The molecule has 0 bridgehead atoms. The fourth-order valence-corrected chi connectivity index (χ4v) is 2.20. The van der Waals surface area contributed by atoms with Crippen molar-refractivity contribution in [1.29, 1.82) is 5.26 Å². The van der Waals surface area contributed by atoms with Crippen LogP contribution in [-0.2, 0) is 0 Å². The van der Waals surface area contributed by atoms with Crippen LogP contribution < -0.4 is 11.4 Å². The summed E-state index contributed by atoms with van der Waals surface area (Å²) in [6, 6.07) is 12.3. The average Bonchev–Trinajstić information content (AvgIpc) is 2.48. The first kappa shape index (κ1) is 13.1. The second-order valence-corrected chi connectivity index (χ2v) is 4.62. The molecule has 0 aliphatic rings. The molecule has 0 aliphatic heterocycles. The summed E-state index contributed by atoms with van der Waals surface area (Å²) >= 11 is 5.84. The van der Waals surface area contributed by atoms with Gasteiger partial charge in [0, 0.05) is 0 Å². The summed E-state index contributed by atoms with van der Waals surface area (Å²) in [5, 5.41) is 9.40. The summed E-state index contributed by atoms with van der Waals surface area (Å²) in [5.74, 6) is 0.164. The number of hydrogen-bond acceptors (Lipinski definition) is 5. The van der Waals surface area contributed by atoms with Crippen molar-refractivity contribution in [3.63, 3.8) is 0 Å². The largest absolute Gasteiger partial charge is 0.384 e. The Morgan fingerprint density at radius 1 is 1.24 bits per heavy atom. The molecule has 0 atom stereocenters. The highest BCUT2D eigenvalue weighted by Gasteiger charge is 2.14. The Hall–Kier alpha value is -2.91. The van der Waals surface area contributed by atoms with E-state index in [1.165, 1.54) is 10.6 Å². The van der Waals surface area contributed by atoms with Crippen molar-refractivity contribution in [2.24, 2.45) is 0 Å². The number of fused-ring (bicyclic) bond motifs is 1. The molecule has 0 fully saturated rings. The maximum absolute atomic E-state index is 12.1. The van der Waals surface area contributed by atoms with Gasteiger partial charge in [-0.2, -0.15) is 10.2 Å². The molecule has 0 radical (unpaired) electrons. The van der Waals surface area contributed by atoms with Gasteiger partial charge >= 0.3 is 5.69 Å². The van der Waals surface area contributed by atoms with E-state index in [2.05, 4.69) is 9.97 Å². The molecule has 7 heteroatoms. The van der Waals surface area contributed by atoms with Crippen LogP contribution in [0.2, 0.25) is 5.15 Å². The van der Waals surface area contributed by atoms with E-state index in [0.717, 1.165) is 0 Å². The van der Waals surface area contributed by atoms with Gasteiger partial charge in [-0.1, -0.05) is 29.8 Å². The summed E-state index contributed by atoms with van der Waals surface area (Å²) in [5.41, 5.74) is 6.38. The van der Waals surface area contributed by atoms with Crippen LogP contribution in [0.1, 0.15) is 5.56 Å². The van der Waals surface area contributed by atoms with Crippen LogP contribution in [0.15, 0.2) is 41.2 Å². The third-order valence-electron chi connectivity index (χ3n) is 3.00. The smallest absolute Gasteiger partial charge is 0.355 e. The maximum atomic E-state index is 12.1. The lowest BCUT2D eigenvalue weighted by molar-refractivity contribution is 0.943. The van der Waals surface area contributed by atoms with Gasteiger partial charge in [0.25, 0.3) is 0 Å². The molecule has 0 spiro atoms. The van der Waals surface area contributed by atoms with Crippen molar-refractivity contribution in [3.05, 3.63) is 57.6 Å². The number of nitrogens with two attached hydrogens (primary N) is 1. The minimum Gasteiger partial charge on any atom is -0.384 e. The summed E-state index contributed by atoms with van der Waals surface area (Å²) in [7, 11) is 0. The number of halogens is 1. The molecule has 3 rings (SSSR count). The molecular weight excluding hydrogens is 290 g/mol. The van der Waals surface area contributed by atoms with Gasteiger partial charge in [0.15, 0.2) is 5.65 Å². The molecule has 2 aromatic heterocycles. The monoisotopic (exact) mass is 297 g/mol. The third kappa shape index (κ3) is 2.10. The van der Waals surface area contributed by atoms with E-state index in [0.29, 0.717) is 11.1 Å². The summed E-state index contributed by atoms with van der Waals surface area (Å²) in [6.07, 6.45) is 0. The van der Waals surface area contributed by atoms with Crippen molar-refractivity contribution in [2.75, 3.05) is 5.73 Å². The predicted octanol–water partition coefficient (Wildman–Crippen LogP) is 1.89. The maximum Gasteiger partial charge on any atom is 0.355 e. The van der Waals surface area contributed by atoms with Gasteiger partial charge in [0.1, 0.15) is 17.0 Å². The Balaban J connectivity index is 2.41. The average molecular weight is 298 g/mol. The summed E-state index contributed by atoms with van der Waals surface area (Å²) < 4.78 is 1.26. The van der Waals surface area contributed by atoms with Crippen molar-refractivity contribution >= 4 is 28.5 Å². The molecular formula is C14H8ClN5O. The fourth-order valence-electron chi connectivity index (χ4n) is 2.02. The summed E-state index contributed by atoms with van der Waals surface area (Å²) in [4.78, 5) is 20.0. The lowest BCUT2D eigenvalue weighted by Crippen LogP contribution is -2.24. The van der Waals surface area contributed by atoms with E-state index >= 15 is 0 Å². The number of aromatic nitrogens is 3. The zero-order chi connectivity index (χ0) is 15.0. The van der Waals surface area contributed by atoms with Gasteiger partial charge in [0.05, 0.1) is 16.6 Å². The third-order valence-corrected chi connectivity index (χ3v) is 3.29. The normalized spacial score (nSPS) is 10.5. The number of benzene rings is 1. The predicted molar refractivity (Wildman–Crippen MR) is 79.3 cm³/mol. The highest BCUT2D eigenvalue weighted by molar-refractivity contribution is 6.31. The second-order valence-electron chi connectivity index (χ2n) is 4.26. The van der Waals surface area contributed by atoms with E-state index in [4.69, 9.17) is 22.6 Å². The molecule has 102 valence electrons. The number of hydrogen-bond donors (Lipinski definition) is 1.